The number of pyridine rings is 1. The van der Waals surface area contributed by atoms with Crippen LogP contribution in [-0.2, 0) is 13.0 Å². The average molecular weight is 467 g/mol. The summed E-state index contributed by atoms with van der Waals surface area (Å²) in [5, 5.41) is 24.1. The number of nitriles is 1. The molecule has 1 aliphatic heterocycles. The van der Waals surface area contributed by atoms with Crippen LogP contribution in [0.15, 0.2) is 48.5 Å². The Morgan fingerprint density at radius 1 is 1.17 bits per heavy atom. The topological polar surface area (TPSA) is 105 Å². The molecular weight excluding hydrogens is 436 g/mol. The van der Waals surface area contributed by atoms with Crippen LogP contribution < -0.4 is 15.5 Å². The Labute approximate surface area is 206 Å². The van der Waals surface area contributed by atoms with Crippen molar-refractivity contribution in [2.45, 2.75) is 33.7 Å². The van der Waals surface area contributed by atoms with Crippen molar-refractivity contribution in [2.75, 3.05) is 23.8 Å². The second kappa shape index (κ2) is 9.98. The Kier molecular flexibility index (Phi) is 6.83. The van der Waals surface area contributed by atoms with Gasteiger partial charge in [-0.05, 0) is 71.0 Å². The summed E-state index contributed by atoms with van der Waals surface area (Å²) in [6.45, 7) is 7.49. The molecule has 2 aromatic carbocycles. The molecule has 0 saturated carbocycles. The van der Waals surface area contributed by atoms with Crippen LogP contribution in [-0.4, -0.2) is 30.3 Å². The molecule has 1 aromatic heterocycles. The van der Waals surface area contributed by atoms with Gasteiger partial charge in [-0.3, -0.25) is 15.1 Å². The number of hydrogen-bond acceptors (Lipinski definition) is 5. The van der Waals surface area contributed by atoms with E-state index in [9.17, 15) is 10.1 Å². The van der Waals surface area contributed by atoms with Gasteiger partial charge in [0.25, 0.3) is 5.91 Å². The Morgan fingerprint density at radius 3 is 2.66 bits per heavy atom. The molecule has 7 heteroatoms. The summed E-state index contributed by atoms with van der Waals surface area (Å²) in [5.74, 6) is 1.77. The van der Waals surface area contributed by atoms with Gasteiger partial charge in [0, 0.05) is 24.7 Å². The summed E-state index contributed by atoms with van der Waals surface area (Å²) in [6, 6.07) is 17.3. The quantitative estimate of drug-likeness (QED) is 0.337. The third kappa shape index (κ3) is 4.87. The van der Waals surface area contributed by atoms with Gasteiger partial charge in [0.15, 0.2) is 0 Å². The van der Waals surface area contributed by atoms with E-state index in [1.807, 2.05) is 24.3 Å². The lowest BCUT2D eigenvalue weighted by molar-refractivity contribution is 0.0996. The normalized spacial score (nSPS) is 12.5. The molecule has 0 atom stereocenters. The molecule has 178 valence electrons. The van der Waals surface area contributed by atoms with Gasteiger partial charge in [-0.25, -0.2) is 4.98 Å². The molecule has 1 aliphatic rings. The number of anilines is 2. The molecule has 35 heavy (non-hydrogen) atoms. The fourth-order valence-corrected chi connectivity index (χ4v) is 4.17. The number of fused-ring (bicyclic) bond motifs is 1. The Bertz CT molecular complexity index is 1340. The van der Waals surface area contributed by atoms with E-state index in [4.69, 9.17) is 10.4 Å². The van der Waals surface area contributed by atoms with Crippen molar-refractivity contribution in [1.29, 1.82) is 10.7 Å². The molecule has 1 amide bonds. The van der Waals surface area contributed by atoms with Gasteiger partial charge in [0.2, 0.25) is 0 Å². The zero-order chi connectivity index (χ0) is 25.1. The molecular formula is C28H30N6O. The first-order valence-electron chi connectivity index (χ1n) is 11.8. The van der Waals surface area contributed by atoms with Crippen molar-refractivity contribution in [3.63, 3.8) is 0 Å². The van der Waals surface area contributed by atoms with Gasteiger partial charge in [0.1, 0.15) is 17.5 Å². The standard InChI is InChI=1S/C28H30N6O/c1-5-18-6-8-20-16-34(28(35)24(20)10-18)26-13-21(12-25(33-26)32-15-17(2)3)23-11-19(14-29)7-9-22(23)27(30)31-4/h6-13,17H,5,15-16H2,1-4H3,(H2,30,31)(H,32,33). The molecule has 4 rings (SSSR count). The lowest BCUT2D eigenvalue weighted by Gasteiger charge is -2.19. The fraction of sp³-hybridized carbons (Fsp3) is 0.286. The molecule has 0 spiro atoms. The number of aromatic nitrogens is 1. The number of aryl methyl sites for hydroxylation is 1. The fourth-order valence-electron chi connectivity index (χ4n) is 4.17. The van der Waals surface area contributed by atoms with Gasteiger partial charge in [-0.1, -0.05) is 32.9 Å². The van der Waals surface area contributed by atoms with Crippen molar-refractivity contribution < 1.29 is 4.79 Å². The largest absolute Gasteiger partial charge is 0.373 e. The highest BCUT2D eigenvalue weighted by molar-refractivity contribution is 6.10. The van der Waals surface area contributed by atoms with Crippen LogP contribution >= 0.6 is 0 Å². The smallest absolute Gasteiger partial charge is 0.260 e. The molecule has 0 radical (unpaired) electrons. The minimum absolute atomic E-state index is 0.0660. The molecule has 0 bridgehead atoms. The van der Waals surface area contributed by atoms with Gasteiger partial charge in [-0.2, -0.15) is 5.26 Å². The molecule has 3 aromatic rings. The summed E-state index contributed by atoms with van der Waals surface area (Å²) >= 11 is 0. The molecule has 0 fully saturated rings. The first-order chi connectivity index (χ1) is 16.8. The van der Waals surface area contributed by atoms with E-state index in [2.05, 4.69) is 43.5 Å². The number of amides is 1. The Balaban J connectivity index is 1.84. The van der Waals surface area contributed by atoms with E-state index in [1.54, 1.807) is 30.1 Å². The van der Waals surface area contributed by atoms with Gasteiger partial charge < -0.3 is 10.6 Å². The first kappa shape index (κ1) is 24.0. The third-order valence-corrected chi connectivity index (χ3v) is 6.15. The number of hydrogen-bond donors (Lipinski definition) is 3. The third-order valence-electron chi connectivity index (χ3n) is 6.15. The minimum Gasteiger partial charge on any atom is -0.373 e. The summed E-state index contributed by atoms with van der Waals surface area (Å²) in [7, 11) is 1.70. The number of nitrogens with one attached hydrogen (secondary N) is 3. The van der Waals surface area contributed by atoms with E-state index < -0.39 is 0 Å². The van der Waals surface area contributed by atoms with Crippen LogP contribution in [0.2, 0.25) is 0 Å². The highest BCUT2D eigenvalue weighted by Gasteiger charge is 2.30. The number of nitrogens with zero attached hydrogens (tertiary/aromatic N) is 3. The second-order valence-electron chi connectivity index (χ2n) is 9.11. The van der Waals surface area contributed by atoms with Crippen LogP contribution in [0.5, 0.6) is 0 Å². The van der Waals surface area contributed by atoms with E-state index in [0.29, 0.717) is 35.2 Å². The van der Waals surface area contributed by atoms with Crippen molar-refractivity contribution in [3.05, 3.63) is 76.3 Å². The van der Waals surface area contributed by atoms with Crippen molar-refractivity contribution >= 4 is 23.4 Å². The predicted molar refractivity (Wildman–Crippen MR) is 140 cm³/mol. The van der Waals surface area contributed by atoms with Crippen LogP contribution in [0.3, 0.4) is 0 Å². The van der Waals surface area contributed by atoms with Crippen LogP contribution in [0.4, 0.5) is 11.6 Å². The number of rotatable bonds is 7. The monoisotopic (exact) mass is 466 g/mol. The average Bonchev–Trinajstić information content (AvgIpc) is 3.21. The van der Waals surface area contributed by atoms with Crippen molar-refractivity contribution in [1.82, 2.24) is 10.3 Å². The first-order valence-corrected chi connectivity index (χ1v) is 11.8. The lowest BCUT2D eigenvalue weighted by atomic mass is 9.97. The molecule has 0 aliphatic carbocycles. The second-order valence-corrected chi connectivity index (χ2v) is 9.11. The van der Waals surface area contributed by atoms with E-state index in [1.165, 1.54) is 0 Å². The van der Waals surface area contributed by atoms with E-state index in [-0.39, 0.29) is 11.7 Å². The highest BCUT2D eigenvalue weighted by atomic mass is 16.2. The molecule has 7 nitrogen and oxygen atoms in total. The maximum atomic E-state index is 13.4. The Morgan fingerprint density at radius 2 is 1.97 bits per heavy atom. The zero-order valence-electron chi connectivity index (χ0n) is 20.6. The van der Waals surface area contributed by atoms with E-state index in [0.717, 1.165) is 40.8 Å². The molecule has 3 N–H and O–H groups in total. The maximum absolute atomic E-state index is 13.4. The predicted octanol–water partition coefficient (Wildman–Crippen LogP) is 4.96. The molecule has 0 unspecified atom stereocenters. The number of amidine groups is 1. The van der Waals surface area contributed by atoms with Crippen LogP contribution in [0, 0.1) is 22.7 Å². The summed E-state index contributed by atoms with van der Waals surface area (Å²) in [4.78, 5) is 19.9. The lowest BCUT2D eigenvalue weighted by Crippen LogP contribution is -2.25. The number of carbonyl (C=O) groups excluding carboxylic acids is 1. The molecule has 0 saturated heterocycles. The zero-order valence-corrected chi connectivity index (χ0v) is 20.6. The van der Waals surface area contributed by atoms with Crippen molar-refractivity contribution in [3.8, 4) is 17.2 Å². The van der Waals surface area contributed by atoms with Crippen LogP contribution in [0.1, 0.15) is 53.4 Å². The summed E-state index contributed by atoms with van der Waals surface area (Å²) in [5.41, 5.74) is 5.52. The highest BCUT2D eigenvalue weighted by Crippen LogP contribution is 2.34. The van der Waals surface area contributed by atoms with Gasteiger partial charge in [0.05, 0.1) is 18.2 Å². The maximum Gasteiger partial charge on any atom is 0.260 e. The number of carbonyl (C=O) groups is 1. The SMILES string of the molecule is CCc1ccc2c(c1)C(=O)N(c1cc(-c3cc(C#N)ccc3C(=N)NC)cc(NCC(C)C)n1)C2. The van der Waals surface area contributed by atoms with Gasteiger partial charge >= 0.3 is 0 Å². The van der Waals surface area contributed by atoms with E-state index >= 15 is 0 Å². The number of benzene rings is 2. The molecule has 2 heterocycles. The van der Waals surface area contributed by atoms with Gasteiger partial charge in [-0.15, -0.1) is 0 Å². The summed E-state index contributed by atoms with van der Waals surface area (Å²) < 4.78 is 0. The minimum atomic E-state index is -0.0660. The summed E-state index contributed by atoms with van der Waals surface area (Å²) in [6.07, 6.45) is 0.868. The Hall–Kier alpha value is -4.18. The van der Waals surface area contributed by atoms with Crippen LogP contribution in [0.25, 0.3) is 11.1 Å². The van der Waals surface area contributed by atoms with Crippen molar-refractivity contribution in [2.24, 2.45) is 5.92 Å².